The Morgan fingerprint density at radius 1 is 1.59 bits per heavy atom. The number of carbonyl (C=O) groups is 1. The Bertz CT molecular complexity index is 317. The average molecular weight is 237 g/mol. The fraction of sp³-hybridized carbons (Fsp3) is 0.846. The van der Waals surface area contributed by atoms with Gasteiger partial charge in [0.1, 0.15) is 5.54 Å². The molecule has 0 aromatic heterocycles. The third-order valence-corrected chi connectivity index (χ3v) is 3.60. The molecule has 1 amide bonds. The summed E-state index contributed by atoms with van der Waals surface area (Å²) in [5, 5.41) is 12.0. The summed E-state index contributed by atoms with van der Waals surface area (Å²) in [4.78, 5) is 14.1. The van der Waals surface area contributed by atoms with Gasteiger partial charge in [0.15, 0.2) is 0 Å². The van der Waals surface area contributed by atoms with Crippen molar-refractivity contribution in [1.82, 2.24) is 10.2 Å². The Kier molecular flexibility index (Phi) is 4.53. The molecule has 1 saturated carbocycles. The van der Waals surface area contributed by atoms with Crippen LogP contribution in [0.2, 0.25) is 0 Å². The minimum atomic E-state index is -0.764. The van der Waals surface area contributed by atoms with Crippen molar-refractivity contribution < 1.29 is 4.79 Å². The lowest BCUT2D eigenvalue weighted by Crippen LogP contribution is -2.52. The molecule has 4 nitrogen and oxygen atoms in total. The highest BCUT2D eigenvalue weighted by atomic mass is 16.2. The van der Waals surface area contributed by atoms with Crippen molar-refractivity contribution in [3.8, 4) is 6.07 Å². The van der Waals surface area contributed by atoms with Crippen molar-refractivity contribution in [1.29, 1.82) is 5.26 Å². The number of amides is 1. The number of nitriles is 1. The number of hydrogen-bond acceptors (Lipinski definition) is 3. The van der Waals surface area contributed by atoms with Crippen LogP contribution in [-0.4, -0.2) is 35.5 Å². The zero-order valence-corrected chi connectivity index (χ0v) is 11.3. The molecule has 0 bridgehead atoms. The maximum atomic E-state index is 11.9. The van der Waals surface area contributed by atoms with E-state index in [2.05, 4.69) is 23.2 Å². The largest absolute Gasteiger partial charge is 0.337 e. The lowest BCUT2D eigenvalue weighted by Gasteiger charge is -2.29. The monoisotopic (exact) mass is 237 g/mol. The van der Waals surface area contributed by atoms with E-state index >= 15 is 0 Å². The highest BCUT2D eigenvalue weighted by Gasteiger charge is 2.33. The Balaban J connectivity index is 2.50. The van der Waals surface area contributed by atoms with E-state index in [4.69, 9.17) is 5.26 Å². The summed E-state index contributed by atoms with van der Waals surface area (Å²) < 4.78 is 0. The lowest BCUT2D eigenvalue weighted by atomic mass is 9.90. The molecule has 1 aliphatic carbocycles. The van der Waals surface area contributed by atoms with Crippen LogP contribution in [0.25, 0.3) is 0 Å². The number of likely N-dealkylation sites (N-methyl/N-ethyl adjacent to an activating group) is 1. The first-order valence-corrected chi connectivity index (χ1v) is 6.39. The molecule has 0 aliphatic heterocycles. The first-order chi connectivity index (χ1) is 7.92. The Morgan fingerprint density at radius 3 is 2.53 bits per heavy atom. The fourth-order valence-corrected chi connectivity index (χ4v) is 1.75. The second-order valence-corrected chi connectivity index (χ2v) is 5.31. The van der Waals surface area contributed by atoms with Crippen LogP contribution in [0.5, 0.6) is 0 Å². The van der Waals surface area contributed by atoms with E-state index in [-0.39, 0.29) is 11.8 Å². The predicted octanol–water partition coefficient (Wildman–Crippen LogP) is 1.53. The highest BCUT2D eigenvalue weighted by Crippen LogP contribution is 2.26. The summed E-state index contributed by atoms with van der Waals surface area (Å²) in [6.07, 6.45) is 2.39. The topological polar surface area (TPSA) is 56.1 Å². The molecule has 0 spiro atoms. The van der Waals surface area contributed by atoms with E-state index in [0.29, 0.717) is 12.6 Å². The number of hydrogen-bond donors (Lipinski definition) is 1. The smallest absolute Gasteiger partial charge is 0.235 e. The first-order valence-electron chi connectivity index (χ1n) is 6.39. The summed E-state index contributed by atoms with van der Waals surface area (Å²) in [5.74, 6) is 0.0592. The van der Waals surface area contributed by atoms with Crippen LogP contribution in [0.1, 0.15) is 40.5 Å². The molecule has 0 saturated heterocycles. The molecule has 0 aromatic carbocycles. The molecular formula is C13H23N3O. The van der Waals surface area contributed by atoms with E-state index < -0.39 is 5.54 Å². The van der Waals surface area contributed by atoms with Crippen molar-refractivity contribution in [3.05, 3.63) is 0 Å². The van der Waals surface area contributed by atoms with Gasteiger partial charge in [0, 0.05) is 6.04 Å². The van der Waals surface area contributed by atoms with Crippen molar-refractivity contribution in [2.75, 3.05) is 13.1 Å². The van der Waals surface area contributed by atoms with Crippen LogP contribution < -0.4 is 5.32 Å². The van der Waals surface area contributed by atoms with Gasteiger partial charge in [0.25, 0.3) is 0 Å². The normalized spacial score (nSPS) is 18.9. The molecule has 0 heterocycles. The molecule has 96 valence electrons. The lowest BCUT2D eigenvalue weighted by molar-refractivity contribution is -0.124. The van der Waals surface area contributed by atoms with Gasteiger partial charge in [-0.1, -0.05) is 20.8 Å². The highest BCUT2D eigenvalue weighted by molar-refractivity contribution is 5.79. The Labute approximate surface area is 104 Å². The van der Waals surface area contributed by atoms with Crippen molar-refractivity contribution >= 4 is 5.91 Å². The van der Waals surface area contributed by atoms with E-state index in [0.717, 1.165) is 6.54 Å². The zero-order chi connectivity index (χ0) is 13.1. The molecule has 1 aliphatic rings. The summed E-state index contributed by atoms with van der Waals surface area (Å²) in [5.41, 5.74) is -0.764. The molecule has 17 heavy (non-hydrogen) atoms. The average Bonchev–Trinajstić information content (AvgIpc) is 3.09. The van der Waals surface area contributed by atoms with Gasteiger partial charge in [-0.05, 0) is 32.2 Å². The zero-order valence-electron chi connectivity index (χ0n) is 11.3. The van der Waals surface area contributed by atoms with Crippen LogP contribution in [0.3, 0.4) is 0 Å². The molecule has 1 rings (SSSR count). The molecule has 0 aromatic rings. The van der Waals surface area contributed by atoms with Gasteiger partial charge in [-0.2, -0.15) is 5.26 Å². The molecular weight excluding hydrogens is 214 g/mol. The minimum Gasteiger partial charge on any atom is -0.337 e. The standard InChI is InChI=1S/C13H23N3O/c1-5-16(11-6-7-11)8-12(17)15-13(4,9-14)10(2)3/h10-11H,5-8H2,1-4H3,(H,15,17). The van der Waals surface area contributed by atoms with E-state index in [9.17, 15) is 4.79 Å². The summed E-state index contributed by atoms with van der Waals surface area (Å²) in [6.45, 7) is 9.04. The quantitative estimate of drug-likeness (QED) is 0.762. The second kappa shape index (κ2) is 5.50. The van der Waals surface area contributed by atoms with E-state index in [1.54, 1.807) is 6.92 Å². The predicted molar refractivity (Wildman–Crippen MR) is 67.3 cm³/mol. The van der Waals surface area contributed by atoms with Gasteiger partial charge >= 0.3 is 0 Å². The minimum absolute atomic E-state index is 0.0449. The molecule has 0 radical (unpaired) electrons. The summed E-state index contributed by atoms with van der Waals surface area (Å²) >= 11 is 0. The molecule has 1 fully saturated rings. The number of carbonyl (C=O) groups excluding carboxylic acids is 1. The molecule has 4 heteroatoms. The maximum Gasteiger partial charge on any atom is 0.235 e. The third kappa shape index (κ3) is 3.71. The van der Waals surface area contributed by atoms with Gasteiger partial charge in [-0.25, -0.2) is 0 Å². The van der Waals surface area contributed by atoms with Gasteiger partial charge < -0.3 is 5.32 Å². The number of rotatable bonds is 6. The van der Waals surface area contributed by atoms with Gasteiger partial charge in [0.05, 0.1) is 12.6 Å². The number of nitrogens with one attached hydrogen (secondary N) is 1. The van der Waals surface area contributed by atoms with Crippen LogP contribution in [-0.2, 0) is 4.79 Å². The summed E-state index contributed by atoms with van der Waals surface area (Å²) in [6, 6.07) is 2.78. The number of nitrogens with zero attached hydrogens (tertiary/aromatic N) is 2. The first kappa shape index (κ1) is 14.0. The molecule has 1 N–H and O–H groups in total. The Morgan fingerprint density at radius 2 is 2.18 bits per heavy atom. The molecule has 1 atom stereocenters. The van der Waals surface area contributed by atoms with Crippen LogP contribution >= 0.6 is 0 Å². The van der Waals surface area contributed by atoms with Crippen LogP contribution in [0, 0.1) is 17.2 Å². The second-order valence-electron chi connectivity index (χ2n) is 5.31. The van der Waals surface area contributed by atoms with Crippen LogP contribution in [0.15, 0.2) is 0 Å². The fourth-order valence-electron chi connectivity index (χ4n) is 1.75. The van der Waals surface area contributed by atoms with Crippen molar-refractivity contribution in [2.24, 2.45) is 5.92 Å². The van der Waals surface area contributed by atoms with Crippen molar-refractivity contribution in [2.45, 2.75) is 52.1 Å². The van der Waals surface area contributed by atoms with Crippen molar-refractivity contribution in [3.63, 3.8) is 0 Å². The van der Waals surface area contributed by atoms with E-state index in [1.807, 2.05) is 13.8 Å². The van der Waals surface area contributed by atoms with Gasteiger partial charge in [-0.15, -0.1) is 0 Å². The van der Waals surface area contributed by atoms with E-state index in [1.165, 1.54) is 12.8 Å². The van der Waals surface area contributed by atoms with Gasteiger partial charge in [0.2, 0.25) is 5.91 Å². The Hall–Kier alpha value is -1.08. The third-order valence-electron chi connectivity index (χ3n) is 3.60. The van der Waals surface area contributed by atoms with Gasteiger partial charge in [-0.3, -0.25) is 9.69 Å². The SMILES string of the molecule is CCN(CC(=O)NC(C)(C#N)C(C)C)C1CC1. The summed E-state index contributed by atoms with van der Waals surface area (Å²) in [7, 11) is 0. The van der Waals surface area contributed by atoms with Crippen LogP contribution in [0.4, 0.5) is 0 Å². The molecule has 1 unspecified atom stereocenters. The maximum absolute atomic E-state index is 11.9.